The number of imidazole rings is 1. The summed E-state index contributed by atoms with van der Waals surface area (Å²) in [6.45, 7) is 3.45. The van der Waals surface area contributed by atoms with E-state index in [1.165, 1.54) is 25.3 Å². The molecule has 0 bridgehead atoms. The van der Waals surface area contributed by atoms with Gasteiger partial charge in [-0.05, 0) is 31.0 Å². The van der Waals surface area contributed by atoms with Gasteiger partial charge >= 0.3 is 0 Å². The van der Waals surface area contributed by atoms with Crippen molar-refractivity contribution in [3.63, 3.8) is 0 Å². The molecule has 1 atom stereocenters. The molecule has 96 valence electrons. The predicted octanol–water partition coefficient (Wildman–Crippen LogP) is 3.07. The number of halogens is 2. The first-order valence-corrected chi connectivity index (χ1v) is 5.79. The number of H-pyrrole nitrogens is 1. The number of nitrogens with zero attached hydrogens (tertiary/aromatic N) is 1. The number of aromatic amines is 1. The fourth-order valence-corrected chi connectivity index (χ4v) is 1.71. The summed E-state index contributed by atoms with van der Waals surface area (Å²) in [4.78, 5) is 7.01. The van der Waals surface area contributed by atoms with Crippen molar-refractivity contribution < 1.29 is 8.78 Å². The summed E-state index contributed by atoms with van der Waals surface area (Å²) in [5.41, 5.74) is 6.70. The van der Waals surface area contributed by atoms with E-state index in [-0.39, 0.29) is 17.2 Å². The van der Waals surface area contributed by atoms with Gasteiger partial charge in [0.05, 0.1) is 17.9 Å². The summed E-state index contributed by atoms with van der Waals surface area (Å²) in [6.07, 6.45) is 2.19. The van der Waals surface area contributed by atoms with Crippen LogP contribution >= 0.6 is 0 Å². The molecule has 0 fully saturated rings. The molecule has 1 aromatic heterocycles. The summed E-state index contributed by atoms with van der Waals surface area (Å²) in [6, 6.07) is 2.11. The largest absolute Gasteiger partial charge is 0.341 e. The molecule has 0 saturated carbocycles. The molecule has 0 aliphatic rings. The third-order valence-corrected chi connectivity index (χ3v) is 2.92. The fraction of sp³-hybridized carbons (Fsp3) is 0.308. The van der Waals surface area contributed by atoms with E-state index in [1.54, 1.807) is 0 Å². The van der Waals surface area contributed by atoms with E-state index >= 15 is 0 Å². The first-order valence-electron chi connectivity index (χ1n) is 5.79. The second-order valence-electron chi connectivity index (χ2n) is 4.28. The van der Waals surface area contributed by atoms with Crippen LogP contribution in [-0.4, -0.2) is 9.97 Å². The molecule has 18 heavy (non-hydrogen) atoms. The second kappa shape index (κ2) is 4.86. The van der Waals surface area contributed by atoms with Crippen LogP contribution in [-0.2, 0) is 0 Å². The number of benzene rings is 1. The Bertz CT molecular complexity index is 563. The van der Waals surface area contributed by atoms with Gasteiger partial charge in [0.25, 0.3) is 0 Å². The van der Waals surface area contributed by atoms with E-state index in [1.807, 2.05) is 6.92 Å². The molecule has 2 aromatic rings. The number of aromatic nitrogens is 2. The van der Waals surface area contributed by atoms with Gasteiger partial charge in [-0.3, -0.25) is 0 Å². The lowest BCUT2D eigenvalue weighted by Crippen LogP contribution is -2.10. The number of hydrogen-bond acceptors (Lipinski definition) is 2. The molecular weight excluding hydrogens is 236 g/mol. The highest BCUT2D eigenvalue weighted by atomic mass is 19.1. The number of hydrogen-bond donors (Lipinski definition) is 2. The monoisotopic (exact) mass is 251 g/mol. The maximum Gasteiger partial charge on any atom is 0.133 e. The van der Waals surface area contributed by atoms with E-state index in [0.717, 1.165) is 6.42 Å². The first kappa shape index (κ1) is 12.7. The maximum atomic E-state index is 13.8. The highest BCUT2D eigenvalue weighted by Gasteiger charge is 2.13. The van der Waals surface area contributed by atoms with Gasteiger partial charge in [-0.2, -0.15) is 0 Å². The highest BCUT2D eigenvalue weighted by Crippen LogP contribution is 2.25. The average molecular weight is 251 g/mol. The smallest absolute Gasteiger partial charge is 0.133 e. The van der Waals surface area contributed by atoms with Crippen molar-refractivity contribution in [1.29, 1.82) is 0 Å². The molecule has 1 aromatic carbocycles. The summed E-state index contributed by atoms with van der Waals surface area (Å²) in [5.74, 6) is -0.343. The topological polar surface area (TPSA) is 54.7 Å². The Labute approximate surface area is 104 Å². The Hall–Kier alpha value is -1.75. The Balaban J connectivity index is 2.43. The number of aryl methyl sites for hydroxylation is 1. The normalized spacial score (nSPS) is 12.7. The van der Waals surface area contributed by atoms with Gasteiger partial charge in [-0.1, -0.05) is 6.92 Å². The number of nitrogens with two attached hydrogens (primary N) is 1. The second-order valence-corrected chi connectivity index (χ2v) is 4.28. The average Bonchev–Trinajstić information content (AvgIpc) is 2.82. The molecule has 2 rings (SSSR count). The third-order valence-electron chi connectivity index (χ3n) is 2.92. The highest BCUT2D eigenvalue weighted by molar-refractivity contribution is 5.60. The molecule has 1 unspecified atom stereocenters. The van der Waals surface area contributed by atoms with E-state index in [9.17, 15) is 8.78 Å². The SMILES string of the molecule is CCC(N)c1ncc(-c2cc(F)c(C)cc2F)[nH]1. The Morgan fingerprint density at radius 1 is 1.33 bits per heavy atom. The number of nitrogens with one attached hydrogen (secondary N) is 1. The standard InChI is InChI=1S/C13H15F2N3/c1-3-11(16)13-17-6-12(18-13)8-5-9(14)7(2)4-10(8)15/h4-6,11H,3,16H2,1-2H3,(H,17,18). The lowest BCUT2D eigenvalue weighted by molar-refractivity contribution is 0.594. The van der Waals surface area contributed by atoms with Gasteiger partial charge in [-0.25, -0.2) is 13.8 Å². The summed E-state index contributed by atoms with van der Waals surface area (Å²) < 4.78 is 27.2. The molecule has 1 heterocycles. The molecule has 3 nitrogen and oxygen atoms in total. The minimum Gasteiger partial charge on any atom is -0.341 e. The fourth-order valence-electron chi connectivity index (χ4n) is 1.71. The van der Waals surface area contributed by atoms with Gasteiger partial charge in [0.15, 0.2) is 0 Å². The Morgan fingerprint density at radius 2 is 2.06 bits per heavy atom. The van der Waals surface area contributed by atoms with Crippen LogP contribution in [0.4, 0.5) is 8.78 Å². The van der Waals surface area contributed by atoms with Crippen LogP contribution in [0.1, 0.15) is 30.8 Å². The van der Waals surface area contributed by atoms with Crippen molar-refractivity contribution in [3.8, 4) is 11.3 Å². The van der Waals surface area contributed by atoms with Crippen LogP contribution in [0.25, 0.3) is 11.3 Å². The molecule has 3 N–H and O–H groups in total. The van der Waals surface area contributed by atoms with Crippen LogP contribution in [0.5, 0.6) is 0 Å². The molecule has 0 saturated heterocycles. The minimum atomic E-state index is -0.478. The van der Waals surface area contributed by atoms with Crippen molar-refractivity contribution in [3.05, 3.63) is 41.4 Å². The van der Waals surface area contributed by atoms with Gasteiger partial charge in [-0.15, -0.1) is 0 Å². The summed E-state index contributed by atoms with van der Waals surface area (Å²) in [7, 11) is 0. The molecule has 0 spiro atoms. The van der Waals surface area contributed by atoms with Gasteiger partial charge in [0, 0.05) is 5.56 Å². The van der Waals surface area contributed by atoms with E-state index in [4.69, 9.17) is 5.73 Å². The molecular formula is C13H15F2N3. The zero-order chi connectivity index (χ0) is 13.3. The van der Waals surface area contributed by atoms with Crippen LogP contribution in [0.15, 0.2) is 18.3 Å². The van der Waals surface area contributed by atoms with Crippen LogP contribution in [0.3, 0.4) is 0 Å². The maximum absolute atomic E-state index is 13.8. The summed E-state index contributed by atoms with van der Waals surface area (Å²) >= 11 is 0. The van der Waals surface area contributed by atoms with E-state index in [0.29, 0.717) is 11.5 Å². The Morgan fingerprint density at radius 3 is 2.72 bits per heavy atom. The van der Waals surface area contributed by atoms with Crippen molar-refractivity contribution >= 4 is 0 Å². The zero-order valence-corrected chi connectivity index (χ0v) is 10.3. The lowest BCUT2D eigenvalue weighted by atomic mass is 10.1. The third kappa shape index (κ3) is 2.26. The molecule has 0 amide bonds. The van der Waals surface area contributed by atoms with Gasteiger partial charge < -0.3 is 10.7 Å². The lowest BCUT2D eigenvalue weighted by Gasteiger charge is -2.05. The molecule has 0 aliphatic carbocycles. The Kier molecular flexibility index (Phi) is 3.43. The van der Waals surface area contributed by atoms with Crippen molar-refractivity contribution in [2.24, 2.45) is 5.73 Å². The van der Waals surface area contributed by atoms with E-state index in [2.05, 4.69) is 9.97 Å². The quantitative estimate of drug-likeness (QED) is 0.880. The molecule has 0 aliphatic heterocycles. The summed E-state index contributed by atoms with van der Waals surface area (Å²) in [5, 5.41) is 0. The minimum absolute atomic E-state index is 0.167. The van der Waals surface area contributed by atoms with Gasteiger partial charge in [0.2, 0.25) is 0 Å². The van der Waals surface area contributed by atoms with Crippen molar-refractivity contribution in [1.82, 2.24) is 9.97 Å². The zero-order valence-electron chi connectivity index (χ0n) is 10.3. The number of rotatable bonds is 3. The van der Waals surface area contributed by atoms with Crippen molar-refractivity contribution in [2.75, 3.05) is 0 Å². The van der Waals surface area contributed by atoms with E-state index < -0.39 is 11.6 Å². The van der Waals surface area contributed by atoms with Crippen LogP contribution in [0, 0.1) is 18.6 Å². The predicted molar refractivity (Wildman–Crippen MR) is 65.9 cm³/mol. The van der Waals surface area contributed by atoms with Crippen LogP contribution in [0.2, 0.25) is 0 Å². The molecule has 5 heteroatoms. The van der Waals surface area contributed by atoms with Gasteiger partial charge in [0.1, 0.15) is 17.5 Å². The van der Waals surface area contributed by atoms with Crippen molar-refractivity contribution in [2.45, 2.75) is 26.3 Å². The first-order chi connectivity index (χ1) is 8.52. The van der Waals surface area contributed by atoms with Crippen LogP contribution < -0.4 is 5.73 Å². The molecule has 0 radical (unpaired) electrons.